The molecule has 0 fully saturated rings. The molecule has 3 aromatic rings. The SMILES string of the molecule is CC[C@H](c1nnc(SCC(=O)Nc2cc3c(cc2C(C)=O)OCO3)n1Cc1ccccc1)N(C)C. The van der Waals surface area contributed by atoms with Crippen molar-refractivity contribution in [3.63, 3.8) is 0 Å². The summed E-state index contributed by atoms with van der Waals surface area (Å²) in [6, 6.07) is 13.4. The Morgan fingerprint density at radius 3 is 2.51 bits per heavy atom. The van der Waals surface area contributed by atoms with Crippen molar-refractivity contribution in [2.75, 3.05) is 32.0 Å². The average molecular weight is 496 g/mol. The van der Waals surface area contributed by atoms with Crippen LogP contribution in [0.2, 0.25) is 0 Å². The number of carbonyl (C=O) groups is 2. The van der Waals surface area contributed by atoms with E-state index in [1.54, 1.807) is 12.1 Å². The van der Waals surface area contributed by atoms with Crippen LogP contribution in [-0.4, -0.2) is 58.0 Å². The van der Waals surface area contributed by atoms with Crippen molar-refractivity contribution in [2.45, 2.75) is 38.0 Å². The summed E-state index contributed by atoms with van der Waals surface area (Å²) in [6.07, 6.45) is 0.878. The fraction of sp³-hybridized carbons (Fsp3) is 0.360. The number of hydrogen-bond donors (Lipinski definition) is 1. The summed E-state index contributed by atoms with van der Waals surface area (Å²) >= 11 is 1.31. The number of thioether (sulfide) groups is 1. The molecule has 1 aliphatic heterocycles. The van der Waals surface area contributed by atoms with E-state index < -0.39 is 0 Å². The number of fused-ring (bicyclic) bond motifs is 1. The number of anilines is 1. The summed E-state index contributed by atoms with van der Waals surface area (Å²) in [5, 5.41) is 12.4. The van der Waals surface area contributed by atoms with Crippen LogP contribution in [0.1, 0.15) is 48.1 Å². The molecule has 1 N–H and O–H groups in total. The van der Waals surface area contributed by atoms with Crippen molar-refractivity contribution in [3.8, 4) is 11.5 Å². The van der Waals surface area contributed by atoms with Crippen molar-refractivity contribution >= 4 is 29.1 Å². The number of nitrogens with one attached hydrogen (secondary N) is 1. The Morgan fingerprint density at radius 2 is 1.86 bits per heavy atom. The lowest BCUT2D eigenvalue weighted by molar-refractivity contribution is -0.113. The third kappa shape index (κ3) is 5.66. The van der Waals surface area contributed by atoms with E-state index in [1.165, 1.54) is 18.7 Å². The Morgan fingerprint density at radius 1 is 1.14 bits per heavy atom. The molecule has 0 bridgehead atoms. The fourth-order valence-corrected chi connectivity index (χ4v) is 4.74. The molecular weight excluding hydrogens is 466 g/mol. The summed E-state index contributed by atoms with van der Waals surface area (Å²) in [5.41, 5.74) is 1.90. The Bertz CT molecular complexity index is 1210. The molecule has 4 rings (SSSR count). The molecule has 0 saturated carbocycles. The van der Waals surface area contributed by atoms with Gasteiger partial charge in [0.05, 0.1) is 24.0 Å². The summed E-state index contributed by atoms with van der Waals surface area (Å²) in [7, 11) is 4.04. The van der Waals surface area contributed by atoms with Gasteiger partial charge in [-0.1, -0.05) is 49.0 Å². The van der Waals surface area contributed by atoms with Crippen LogP contribution in [0.15, 0.2) is 47.6 Å². The second-order valence-electron chi connectivity index (χ2n) is 8.44. The molecule has 35 heavy (non-hydrogen) atoms. The number of rotatable bonds is 10. The molecular formula is C25H29N5O4S. The lowest BCUT2D eigenvalue weighted by atomic mass is 10.1. The number of carbonyl (C=O) groups excluding carboxylic acids is 2. The molecule has 1 atom stereocenters. The maximum Gasteiger partial charge on any atom is 0.234 e. The minimum atomic E-state index is -0.258. The highest BCUT2D eigenvalue weighted by Gasteiger charge is 2.24. The Balaban J connectivity index is 1.53. The van der Waals surface area contributed by atoms with Crippen molar-refractivity contribution in [1.82, 2.24) is 19.7 Å². The molecule has 1 amide bonds. The predicted molar refractivity (Wildman–Crippen MR) is 134 cm³/mol. The molecule has 9 nitrogen and oxygen atoms in total. The van der Waals surface area contributed by atoms with Crippen LogP contribution in [-0.2, 0) is 11.3 Å². The predicted octanol–water partition coefficient (Wildman–Crippen LogP) is 4.00. The Hall–Kier alpha value is -3.37. The third-order valence-corrected chi connectivity index (χ3v) is 6.70. The summed E-state index contributed by atoms with van der Waals surface area (Å²) in [4.78, 5) is 27.1. The van der Waals surface area contributed by atoms with Gasteiger partial charge in [-0.3, -0.25) is 14.5 Å². The van der Waals surface area contributed by atoms with Gasteiger partial charge in [-0.15, -0.1) is 10.2 Å². The second-order valence-corrected chi connectivity index (χ2v) is 9.39. The smallest absolute Gasteiger partial charge is 0.234 e. The molecule has 0 saturated heterocycles. The van der Waals surface area contributed by atoms with Crippen LogP contribution < -0.4 is 14.8 Å². The lowest BCUT2D eigenvalue weighted by Crippen LogP contribution is -2.23. The maximum atomic E-state index is 12.9. The first-order valence-corrected chi connectivity index (χ1v) is 12.4. The lowest BCUT2D eigenvalue weighted by Gasteiger charge is -2.23. The average Bonchev–Trinajstić information content (AvgIpc) is 3.45. The quantitative estimate of drug-likeness (QED) is 0.333. The highest BCUT2D eigenvalue weighted by atomic mass is 32.2. The zero-order valence-corrected chi connectivity index (χ0v) is 21.1. The number of aromatic nitrogens is 3. The molecule has 1 aliphatic rings. The second kappa shape index (κ2) is 10.9. The third-order valence-electron chi connectivity index (χ3n) is 5.74. The first kappa shape index (κ1) is 24.7. The van der Waals surface area contributed by atoms with Gasteiger partial charge in [-0.2, -0.15) is 0 Å². The first-order valence-electron chi connectivity index (χ1n) is 11.4. The Kier molecular flexibility index (Phi) is 7.72. The zero-order chi connectivity index (χ0) is 24.9. The van der Waals surface area contributed by atoms with E-state index in [2.05, 4.69) is 44.0 Å². The highest BCUT2D eigenvalue weighted by molar-refractivity contribution is 7.99. The minimum Gasteiger partial charge on any atom is -0.454 e. The number of Topliss-reactive ketones (excluding diaryl/α,β-unsaturated/α-hetero) is 1. The number of benzene rings is 2. The molecule has 0 radical (unpaired) electrons. The number of hydrogen-bond acceptors (Lipinski definition) is 8. The van der Waals surface area contributed by atoms with Crippen LogP contribution in [0.5, 0.6) is 11.5 Å². The number of ether oxygens (including phenoxy) is 2. The van der Waals surface area contributed by atoms with Crippen LogP contribution in [0.4, 0.5) is 5.69 Å². The largest absolute Gasteiger partial charge is 0.454 e. The monoisotopic (exact) mass is 495 g/mol. The van der Waals surface area contributed by atoms with Crippen molar-refractivity contribution in [1.29, 1.82) is 0 Å². The number of nitrogens with zero attached hydrogens (tertiary/aromatic N) is 4. The van der Waals surface area contributed by atoms with Crippen molar-refractivity contribution < 1.29 is 19.1 Å². The van der Waals surface area contributed by atoms with Crippen molar-refractivity contribution in [2.24, 2.45) is 0 Å². The van der Waals surface area contributed by atoms with E-state index in [1.807, 2.05) is 32.3 Å². The number of amides is 1. The molecule has 2 aromatic carbocycles. The van der Waals surface area contributed by atoms with Gasteiger partial charge < -0.3 is 19.4 Å². The van der Waals surface area contributed by atoms with E-state index in [9.17, 15) is 9.59 Å². The van der Waals surface area contributed by atoms with E-state index in [-0.39, 0.29) is 30.3 Å². The van der Waals surface area contributed by atoms with E-state index in [4.69, 9.17) is 9.47 Å². The first-order chi connectivity index (χ1) is 16.9. The van der Waals surface area contributed by atoms with E-state index in [0.717, 1.165) is 17.8 Å². The molecule has 10 heteroatoms. The van der Waals surface area contributed by atoms with Crippen LogP contribution >= 0.6 is 11.8 Å². The van der Waals surface area contributed by atoms with Gasteiger partial charge in [-0.25, -0.2) is 0 Å². The van der Waals surface area contributed by atoms with Crippen LogP contribution in [0.3, 0.4) is 0 Å². The van der Waals surface area contributed by atoms with Gasteiger partial charge in [0.25, 0.3) is 0 Å². The molecule has 1 aromatic heterocycles. The topological polar surface area (TPSA) is 98.6 Å². The standard InChI is InChI=1S/C25H29N5O4S/c1-5-20(29(3)4)24-27-28-25(30(24)13-17-9-7-6-8-10-17)35-14-23(32)26-19-12-22-21(33-15-34-22)11-18(19)16(2)31/h6-12,20H,5,13-15H2,1-4H3,(H,26,32)/t20-/m1/s1. The maximum absolute atomic E-state index is 12.9. The molecule has 0 aliphatic carbocycles. The van der Waals surface area contributed by atoms with Gasteiger partial charge >= 0.3 is 0 Å². The normalized spacial score (nSPS) is 13.2. The van der Waals surface area contributed by atoms with E-state index in [0.29, 0.717) is 34.5 Å². The van der Waals surface area contributed by atoms with Gasteiger partial charge in [0.1, 0.15) is 0 Å². The van der Waals surface area contributed by atoms with Crippen LogP contribution in [0, 0.1) is 0 Å². The zero-order valence-electron chi connectivity index (χ0n) is 20.3. The van der Waals surface area contributed by atoms with E-state index >= 15 is 0 Å². The van der Waals surface area contributed by atoms with Gasteiger partial charge in [0, 0.05) is 11.6 Å². The Labute approximate surface area is 208 Å². The van der Waals surface area contributed by atoms with Crippen LogP contribution in [0.25, 0.3) is 0 Å². The summed E-state index contributed by atoms with van der Waals surface area (Å²) < 4.78 is 12.8. The van der Waals surface area contributed by atoms with Gasteiger partial charge in [0.15, 0.2) is 28.3 Å². The fourth-order valence-electron chi connectivity index (χ4n) is 4.00. The summed E-state index contributed by atoms with van der Waals surface area (Å²) in [6.45, 7) is 4.26. The van der Waals surface area contributed by atoms with Gasteiger partial charge in [0.2, 0.25) is 12.7 Å². The molecule has 184 valence electrons. The molecule has 0 spiro atoms. The minimum absolute atomic E-state index is 0.0883. The molecule has 0 unspecified atom stereocenters. The summed E-state index contributed by atoms with van der Waals surface area (Å²) in [5.74, 6) is 1.53. The number of ketones is 1. The van der Waals surface area contributed by atoms with Gasteiger partial charge in [-0.05, 0) is 39.1 Å². The van der Waals surface area contributed by atoms with Crippen molar-refractivity contribution in [3.05, 3.63) is 59.4 Å². The highest BCUT2D eigenvalue weighted by Crippen LogP contribution is 2.37. The molecule has 2 heterocycles.